The third-order valence-corrected chi connectivity index (χ3v) is 4.66. The summed E-state index contributed by atoms with van der Waals surface area (Å²) in [6.07, 6.45) is 19.6. The number of Topliss-reactive ketones (excluding diaryl/α,β-unsaturated/α-hetero) is 1. The Kier molecular flexibility index (Phi) is 17.8. The predicted octanol–water partition coefficient (Wildman–Crippen LogP) is 6.68. The topological polar surface area (TPSA) is 54.4 Å². The zero-order valence-electron chi connectivity index (χ0n) is 16.0. The lowest BCUT2D eigenvalue weighted by Gasteiger charge is -2.03. The summed E-state index contributed by atoms with van der Waals surface area (Å²) in [5, 5.41) is 8.54. The lowest BCUT2D eigenvalue weighted by molar-refractivity contribution is -0.137. The van der Waals surface area contributed by atoms with Gasteiger partial charge in [0.2, 0.25) is 0 Å². The quantitative estimate of drug-likeness (QED) is 0.267. The van der Waals surface area contributed by atoms with Crippen molar-refractivity contribution in [3.05, 3.63) is 0 Å². The molecule has 0 aliphatic heterocycles. The van der Waals surface area contributed by atoms with Crippen molar-refractivity contribution in [1.29, 1.82) is 0 Å². The van der Waals surface area contributed by atoms with Crippen LogP contribution in [0.5, 0.6) is 0 Å². The van der Waals surface area contributed by atoms with Crippen LogP contribution in [0.15, 0.2) is 0 Å². The van der Waals surface area contributed by atoms with Gasteiger partial charge in [-0.25, -0.2) is 0 Å². The van der Waals surface area contributed by atoms with Crippen LogP contribution in [0.25, 0.3) is 0 Å². The molecule has 0 fully saturated rings. The molecule has 0 amide bonds. The Hall–Kier alpha value is -0.860. The molecule has 0 aromatic heterocycles. The minimum atomic E-state index is -0.690. The number of unbranched alkanes of at least 4 members (excludes halogenated alkanes) is 13. The van der Waals surface area contributed by atoms with Gasteiger partial charge in [0.05, 0.1) is 0 Å². The van der Waals surface area contributed by atoms with E-state index in [9.17, 15) is 9.59 Å². The molecule has 0 saturated heterocycles. The van der Waals surface area contributed by atoms with E-state index in [0.29, 0.717) is 12.2 Å². The van der Waals surface area contributed by atoms with Crippen LogP contribution in [0.4, 0.5) is 0 Å². The molecule has 3 heteroatoms. The summed E-state index contributed by atoms with van der Waals surface area (Å²) in [5.41, 5.74) is 0. The minimum Gasteiger partial charge on any atom is -0.481 e. The molecule has 3 nitrogen and oxygen atoms in total. The number of aliphatic carboxylic acids is 1. The molecule has 0 aliphatic rings. The third kappa shape index (κ3) is 19.2. The van der Waals surface area contributed by atoms with E-state index in [4.69, 9.17) is 5.11 Å². The van der Waals surface area contributed by atoms with Gasteiger partial charge < -0.3 is 5.11 Å². The van der Waals surface area contributed by atoms with Crippen molar-refractivity contribution in [3.63, 3.8) is 0 Å². The van der Waals surface area contributed by atoms with Gasteiger partial charge in [-0.1, -0.05) is 84.0 Å². The number of carbonyl (C=O) groups is 2. The van der Waals surface area contributed by atoms with Crippen LogP contribution in [0, 0.1) is 0 Å². The highest BCUT2D eigenvalue weighted by Gasteiger charge is 2.02. The summed E-state index contributed by atoms with van der Waals surface area (Å²) >= 11 is 0. The molecular weight excluding hydrogens is 300 g/mol. The van der Waals surface area contributed by atoms with Gasteiger partial charge in [0.25, 0.3) is 0 Å². The third-order valence-electron chi connectivity index (χ3n) is 4.66. The molecule has 0 atom stereocenters. The van der Waals surface area contributed by atoms with Crippen molar-refractivity contribution >= 4 is 11.8 Å². The van der Waals surface area contributed by atoms with Crippen molar-refractivity contribution < 1.29 is 14.7 Å². The fraction of sp³-hybridized carbons (Fsp3) is 0.905. The average Bonchev–Trinajstić information content (AvgIpc) is 2.55. The van der Waals surface area contributed by atoms with Crippen LogP contribution < -0.4 is 0 Å². The van der Waals surface area contributed by atoms with Crippen LogP contribution in [0.2, 0.25) is 0 Å². The van der Waals surface area contributed by atoms with Crippen molar-refractivity contribution in [2.24, 2.45) is 0 Å². The molecule has 0 rings (SSSR count). The molecule has 0 aromatic rings. The normalized spacial score (nSPS) is 10.9. The highest BCUT2D eigenvalue weighted by atomic mass is 16.4. The van der Waals surface area contributed by atoms with Crippen molar-refractivity contribution in [2.45, 2.75) is 122 Å². The minimum absolute atomic E-state index is 0.299. The Balaban J connectivity index is 3.17. The highest BCUT2D eigenvalue weighted by molar-refractivity contribution is 5.78. The predicted molar refractivity (Wildman–Crippen MR) is 101 cm³/mol. The largest absolute Gasteiger partial charge is 0.481 e. The highest BCUT2D eigenvalue weighted by Crippen LogP contribution is 2.13. The number of carboxylic acids is 1. The van der Waals surface area contributed by atoms with Crippen LogP contribution in [0.1, 0.15) is 122 Å². The lowest BCUT2D eigenvalue weighted by atomic mass is 10.0. The molecule has 0 aliphatic carbocycles. The van der Waals surface area contributed by atoms with Gasteiger partial charge in [-0.05, 0) is 19.3 Å². The number of hydrogen-bond donors (Lipinski definition) is 1. The lowest BCUT2D eigenvalue weighted by Crippen LogP contribution is -1.97. The van der Waals surface area contributed by atoms with Crippen LogP contribution in [0.3, 0.4) is 0 Å². The number of rotatable bonds is 19. The van der Waals surface area contributed by atoms with E-state index in [1.807, 2.05) is 0 Å². The Morgan fingerprint density at radius 1 is 0.542 bits per heavy atom. The zero-order valence-corrected chi connectivity index (χ0v) is 16.0. The monoisotopic (exact) mass is 340 g/mol. The Bertz CT molecular complexity index is 299. The van der Waals surface area contributed by atoms with Gasteiger partial charge in [0.15, 0.2) is 0 Å². The fourth-order valence-corrected chi connectivity index (χ4v) is 3.06. The fourth-order valence-electron chi connectivity index (χ4n) is 3.06. The number of ketones is 1. The summed E-state index contributed by atoms with van der Waals surface area (Å²) < 4.78 is 0. The van der Waals surface area contributed by atoms with E-state index < -0.39 is 5.97 Å². The Morgan fingerprint density at radius 3 is 1.25 bits per heavy atom. The molecule has 24 heavy (non-hydrogen) atoms. The molecule has 0 radical (unpaired) electrons. The van der Waals surface area contributed by atoms with Crippen LogP contribution in [-0.2, 0) is 9.59 Å². The molecule has 142 valence electrons. The van der Waals surface area contributed by atoms with Gasteiger partial charge in [-0.2, -0.15) is 0 Å². The molecular formula is C21H40O3. The van der Waals surface area contributed by atoms with Gasteiger partial charge in [-0.15, -0.1) is 0 Å². The second kappa shape index (κ2) is 18.5. The van der Waals surface area contributed by atoms with E-state index in [2.05, 4.69) is 6.92 Å². The average molecular weight is 341 g/mol. The van der Waals surface area contributed by atoms with Crippen LogP contribution in [-0.4, -0.2) is 16.9 Å². The maximum atomic E-state index is 11.8. The first-order valence-electron chi connectivity index (χ1n) is 10.4. The number of carbonyl (C=O) groups excluding carboxylic acids is 1. The van der Waals surface area contributed by atoms with E-state index in [-0.39, 0.29) is 0 Å². The Morgan fingerprint density at radius 2 is 0.875 bits per heavy atom. The van der Waals surface area contributed by atoms with E-state index >= 15 is 0 Å². The zero-order chi connectivity index (χ0) is 17.9. The van der Waals surface area contributed by atoms with E-state index in [1.54, 1.807) is 0 Å². The van der Waals surface area contributed by atoms with E-state index in [1.165, 1.54) is 57.8 Å². The summed E-state index contributed by atoms with van der Waals surface area (Å²) in [5.74, 6) is -0.243. The maximum absolute atomic E-state index is 11.8. The second-order valence-electron chi connectivity index (χ2n) is 7.13. The molecule has 0 saturated carbocycles. The summed E-state index contributed by atoms with van der Waals surface area (Å²) in [7, 11) is 0. The summed E-state index contributed by atoms with van der Waals surface area (Å²) in [6, 6.07) is 0. The first kappa shape index (κ1) is 23.1. The maximum Gasteiger partial charge on any atom is 0.303 e. The van der Waals surface area contributed by atoms with Gasteiger partial charge in [0, 0.05) is 19.3 Å². The standard InChI is InChI=1S/C21H40O3/c1-2-3-4-5-6-8-11-14-17-20(22)18-15-12-9-7-10-13-16-19-21(23)24/h2-19H2,1H3,(H,23,24). The molecule has 0 heterocycles. The van der Waals surface area contributed by atoms with Gasteiger partial charge in [0.1, 0.15) is 5.78 Å². The van der Waals surface area contributed by atoms with Gasteiger partial charge >= 0.3 is 5.97 Å². The van der Waals surface area contributed by atoms with Crippen molar-refractivity contribution in [3.8, 4) is 0 Å². The molecule has 0 spiro atoms. The second-order valence-corrected chi connectivity index (χ2v) is 7.13. The van der Waals surface area contributed by atoms with Crippen LogP contribution >= 0.6 is 0 Å². The smallest absolute Gasteiger partial charge is 0.303 e. The van der Waals surface area contributed by atoms with Gasteiger partial charge in [-0.3, -0.25) is 9.59 Å². The number of carboxylic acid groups (broad SMARTS) is 1. The van der Waals surface area contributed by atoms with Crippen molar-refractivity contribution in [2.75, 3.05) is 0 Å². The first-order valence-corrected chi connectivity index (χ1v) is 10.4. The SMILES string of the molecule is CCCCCCCCCCC(=O)CCCCCCCCCC(=O)O. The molecule has 0 unspecified atom stereocenters. The van der Waals surface area contributed by atoms with E-state index in [0.717, 1.165) is 51.4 Å². The molecule has 0 aromatic carbocycles. The Labute approximate surface area is 149 Å². The molecule has 0 bridgehead atoms. The first-order chi connectivity index (χ1) is 11.7. The number of hydrogen-bond acceptors (Lipinski definition) is 2. The summed E-state index contributed by atoms with van der Waals surface area (Å²) in [6.45, 7) is 2.24. The molecule has 1 N–H and O–H groups in total. The summed E-state index contributed by atoms with van der Waals surface area (Å²) in [4.78, 5) is 22.2. The van der Waals surface area contributed by atoms with Crippen molar-refractivity contribution in [1.82, 2.24) is 0 Å².